The van der Waals surface area contributed by atoms with Gasteiger partial charge in [0.05, 0.1) is 6.10 Å². The second kappa shape index (κ2) is 3.97. The molecular formula is C13H16BrNO2. The molecule has 0 aromatic heterocycles. The topological polar surface area (TPSA) is 44.5 Å². The molecule has 1 unspecified atom stereocenters. The number of hydrogen-bond acceptors (Lipinski definition) is 3. The van der Waals surface area contributed by atoms with Gasteiger partial charge in [-0.1, -0.05) is 22.0 Å². The average molecular weight is 298 g/mol. The zero-order valence-electron chi connectivity index (χ0n) is 9.78. The summed E-state index contributed by atoms with van der Waals surface area (Å²) in [5.41, 5.74) is 7.25. The number of ether oxygens (including phenoxy) is 2. The highest BCUT2D eigenvalue weighted by Crippen LogP contribution is 2.49. The average Bonchev–Trinajstić information content (AvgIpc) is 2.24. The van der Waals surface area contributed by atoms with E-state index in [-0.39, 0.29) is 11.6 Å². The van der Waals surface area contributed by atoms with Crippen molar-refractivity contribution in [1.82, 2.24) is 0 Å². The predicted octanol–water partition coefficient (Wildman–Crippen LogP) is 2.78. The molecule has 1 heterocycles. The van der Waals surface area contributed by atoms with Gasteiger partial charge in [-0.05, 0) is 12.1 Å². The van der Waals surface area contributed by atoms with Gasteiger partial charge in [-0.3, -0.25) is 0 Å². The molecule has 1 aliphatic carbocycles. The lowest BCUT2D eigenvalue weighted by Crippen LogP contribution is -2.55. The molecule has 3 rings (SSSR count). The Morgan fingerprint density at radius 1 is 1.41 bits per heavy atom. The Morgan fingerprint density at radius 2 is 2.18 bits per heavy atom. The van der Waals surface area contributed by atoms with Gasteiger partial charge < -0.3 is 15.2 Å². The zero-order valence-corrected chi connectivity index (χ0v) is 11.4. The van der Waals surface area contributed by atoms with E-state index in [2.05, 4.69) is 15.9 Å². The molecule has 92 valence electrons. The first-order valence-electron chi connectivity index (χ1n) is 5.89. The van der Waals surface area contributed by atoms with Crippen molar-refractivity contribution >= 4 is 15.9 Å². The maximum atomic E-state index is 6.23. The van der Waals surface area contributed by atoms with Crippen LogP contribution < -0.4 is 10.5 Å². The van der Waals surface area contributed by atoms with Crippen molar-refractivity contribution in [3.8, 4) is 5.75 Å². The summed E-state index contributed by atoms with van der Waals surface area (Å²) in [7, 11) is 1.75. The summed E-state index contributed by atoms with van der Waals surface area (Å²) >= 11 is 3.47. The van der Waals surface area contributed by atoms with E-state index in [1.54, 1.807) is 7.11 Å². The van der Waals surface area contributed by atoms with Gasteiger partial charge in [0.1, 0.15) is 11.4 Å². The molecule has 4 heteroatoms. The quantitative estimate of drug-likeness (QED) is 0.867. The molecule has 0 bridgehead atoms. The maximum absolute atomic E-state index is 6.23. The third-order valence-corrected chi connectivity index (χ3v) is 4.32. The Hall–Kier alpha value is -0.580. The third-order valence-electron chi connectivity index (χ3n) is 3.83. The lowest BCUT2D eigenvalue weighted by atomic mass is 9.71. The first-order valence-corrected chi connectivity index (χ1v) is 6.68. The number of hydrogen-bond donors (Lipinski definition) is 1. The minimum atomic E-state index is -0.0894. The summed E-state index contributed by atoms with van der Waals surface area (Å²) in [6.45, 7) is 0. The monoisotopic (exact) mass is 297 g/mol. The van der Waals surface area contributed by atoms with Crippen molar-refractivity contribution in [2.24, 2.45) is 5.73 Å². The molecule has 1 aromatic rings. The molecule has 3 nitrogen and oxygen atoms in total. The van der Waals surface area contributed by atoms with Crippen LogP contribution in [0.4, 0.5) is 0 Å². The third kappa shape index (κ3) is 1.88. The van der Waals surface area contributed by atoms with Crippen molar-refractivity contribution in [3.63, 3.8) is 0 Å². The largest absolute Gasteiger partial charge is 0.487 e. The van der Waals surface area contributed by atoms with Crippen molar-refractivity contribution in [2.75, 3.05) is 7.11 Å². The lowest BCUT2D eigenvalue weighted by molar-refractivity contribution is -0.124. The highest BCUT2D eigenvalue weighted by molar-refractivity contribution is 9.10. The summed E-state index contributed by atoms with van der Waals surface area (Å²) in [6.07, 6.45) is 3.12. The first kappa shape index (κ1) is 11.5. The SMILES string of the molecule is COC1CC2(C1)CC(N)c1ccc(Br)cc1O2. The summed E-state index contributed by atoms with van der Waals surface area (Å²) < 4.78 is 12.5. The second-order valence-electron chi connectivity index (χ2n) is 5.04. The molecule has 1 saturated carbocycles. The van der Waals surface area contributed by atoms with E-state index in [4.69, 9.17) is 15.2 Å². The van der Waals surface area contributed by atoms with Crippen molar-refractivity contribution < 1.29 is 9.47 Å². The van der Waals surface area contributed by atoms with E-state index in [1.807, 2.05) is 18.2 Å². The number of benzene rings is 1. The molecule has 1 aliphatic heterocycles. The van der Waals surface area contributed by atoms with E-state index in [1.165, 1.54) is 0 Å². The van der Waals surface area contributed by atoms with Crippen LogP contribution in [0.2, 0.25) is 0 Å². The first-order chi connectivity index (χ1) is 8.12. The Bertz CT molecular complexity index is 443. The van der Waals surface area contributed by atoms with Gasteiger partial charge in [-0.2, -0.15) is 0 Å². The molecule has 1 aromatic carbocycles. The van der Waals surface area contributed by atoms with E-state index in [9.17, 15) is 0 Å². The number of methoxy groups -OCH3 is 1. The molecule has 2 aliphatic rings. The van der Waals surface area contributed by atoms with Crippen LogP contribution in [0.1, 0.15) is 30.9 Å². The summed E-state index contributed by atoms with van der Waals surface area (Å²) in [5, 5.41) is 0. The minimum absolute atomic E-state index is 0.0738. The smallest absolute Gasteiger partial charge is 0.126 e. The van der Waals surface area contributed by atoms with Crippen molar-refractivity contribution in [2.45, 2.75) is 37.0 Å². The molecular weight excluding hydrogens is 282 g/mol. The Morgan fingerprint density at radius 3 is 2.88 bits per heavy atom. The van der Waals surface area contributed by atoms with Gasteiger partial charge in [-0.15, -0.1) is 0 Å². The van der Waals surface area contributed by atoms with Gasteiger partial charge in [-0.25, -0.2) is 0 Å². The molecule has 1 fully saturated rings. The van der Waals surface area contributed by atoms with Crippen LogP contribution in [0, 0.1) is 0 Å². The van der Waals surface area contributed by atoms with Crippen LogP contribution in [0.5, 0.6) is 5.75 Å². The fourth-order valence-corrected chi connectivity index (χ4v) is 3.22. The number of rotatable bonds is 1. The van der Waals surface area contributed by atoms with E-state index >= 15 is 0 Å². The van der Waals surface area contributed by atoms with Gasteiger partial charge in [0.15, 0.2) is 0 Å². The van der Waals surface area contributed by atoms with Crippen molar-refractivity contribution in [3.05, 3.63) is 28.2 Å². The van der Waals surface area contributed by atoms with Gasteiger partial charge in [0, 0.05) is 42.5 Å². The zero-order chi connectivity index (χ0) is 12.0. The van der Waals surface area contributed by atoms with Crippen molar-refractivity contribution in [1.29, 1.82) is 0 Å². The molecule has 0 saturated heterocycles. The number of halogens is 1. The maximum Gasteiger partial charge on any atom is 0.126 e. The highest BCUT2D eigenvalue weighted by atomic mass is 79.9. The Kier molecular flexibility index (Phi) is 2.69. The minimum Gasteiger partial charge on any atom is -0.487 e. The summed E-state index contributed by atoms with van der Waals surface area (Å²) in [5.74, 6) is 0.924. The van der Waals surface area contributed by atoms with Crippen LogP contribution in [0.15, 0.2) is 22.7 Å². The van der Waals surface area contributed by atoms with Gasteiger partial charge >= 0.3 is 0 Å². The predicted molar refractivity (Wildman–Crippen MR) is 69.1 cm³/mol. The van der Waals surface area contributed by atoms with Crippen LogP contribution >= 0.6 is 15.9 Å². The molecule has 1 atom stereocenters. The van der Waals surface area contributed by atoms with Gasteiger partial charge in [0.25, 0.3) is 0 Å². The number of fused-ring (bicyclic) bond motifs is 1. The molecule has 2 N–H and O–H groups in total. The highest BCUT2D eigenvalue weighted by Gasteiger charge is 2.50. The Labute approximate surface area is 109 Å². The van der Waals surface area contributed by atoms with Crippen LogP contribution in [0.25, 0.3) is 0 Å². The molecule has 17 heavy (non-hydrogen) atoms. The molecule has 0 radical (unpaired) electrons. The normalized spacial score (nSPS) is 35.0. The lowest BCUT2D eigenvalue weighted by Gasteiger charge is -2.50. The molecule has 1 spiro atoms. The fourth-order valence-electron chi connectivity index (χ4n) is 2.88. The van der Waals surface area contributed by atoms with E-state index in [0.717, 1.165) is 35.0 Å². The molecule has 0 amide bonds. The second-order valence-corrected chi connectivity index (χ2v) is 5.96. The number of nitrogens with two attached hydrogens (primary N) is 1. The van der Waals surface area contributed by atoms with Crippen LogP contribution in [-0.2, 0) is 4.74 Å². The van der Waals surface area contributed by atoms with Crippen LogP contribution in [-0.4, -0.2) is 18.8 Å². The van der Waals surface area contributed by atoms with E-state index < -0.39 is 0 Å². The van der Waals surface area contributed by atoms with Crippen LogP contribution in [0.3, 0.4) is 0 Å². The van der Waals surface area contributed by atoms with Gasteiger partial charge in [0.2, 0.25) is 0 Å². The van der Waals surface area contributed by atoms with E-state index in [0.29, 0.717) is 6.10 Å². The fraction of sp³-hybridized carbons (Fsp3) is 0.538. The standard InChI is InChI=1S/C13H16BrNO2/c1-16-9-5-13(6-9)7-11(15)10-3-2-8(14)4-12(10)17-13/h2-4,9,11H,5-7,15H2,1H3. The Balaban J connectivity index is 1.88. The summed E-state index contributed by atoms with van der Waals surface area (Å²) in [4.78, 5) is 0. The summed E-state index contributed by atoms with van der Waals surface area (Å²) in [6, 6.07) is 6.14.